The summed E-state index contributed by atoms with van der Waals surface area (Å²) in [6.07, 6.45) is 1.98. The molecular weight excluding hydrogens is 264 g/mol. The normalized spacial score (nSPS) is 12.9. The molecule has 0 bridgehead atoms. The lowest BCUT2D eigenvalue weighted by Crippen LogP contribution is -2.19. The SMILES string of the molecule is CC(NCc1c[nH]c2cc(Cl)ccc12)c1nn[nH]n1. The van der Waals surface area contributed by atoms with Gasteiger partial charge in [0.05, 0.1) is 6.04 Å². The first kappa shape index (κ1) is 12.1. The maximum Gasteiger partial charge on any atom is 0.191 e. The van der Waals surface area contributed by atoms with Crippen molar-refractivity contribution in [2.45, 2.75) is 19.5 Å². The van der Waals surface area contributed by atoms with Crippen molar-refractivity contribution in [2.24, 2.45) is 0 Å². The Labute approximate surface area is 114 Å². The first-order valence-electron chi connectivity index (χ1n) is 5.96. The quantitative estimate of drug-likeness (QED) is 0.682. The predicted molar refractivity (Wildman–Crippen MR) is 72.7 cm³/mol. The van der Waals surface area contributed by atoms with E-state index in [0.29, 0.717) is 5.82 Å². The second kappa shape index (κ2) is 4.99. The summed E-state index contributed by atoms with van der Waals surface area (Å²) >= 11 is 5.96. The van der Waals surface area contributed by atoms with E-state index in [1.165, 1.54) is 5.56 Å². The molecule has 2 heterocycles. The molecule has 3 N–H and O–H groups in total. The van der Waals surface area contributed by atoms with Crippen LogP contribution in [0.3, 0.4) is 0 Å². The minimum atomic E-state index is 0.0380. The molecule has 0 aliphatic carbocycles. The number of aromatic nitrogens is 5. The number of aromatic amines is 2. The number of H-pyrrole nitrogens is 2. The number of rotatable bonds is 4. The fraction of sp³-hybridized carbons (Fsp3) is 0.250. The van der Waals surface area contributed by atoms with E-state index in [0.717, 1.165) is 22.5 Å². The monoisotopic (exact) mass is 276 g/mol. The first-order valence-corrected chi connectivity index (χ1v) is 6.34. The Morgan fingerprint density at radius 1 is 1.42 bits per heavy atom. The molecular formula is C12H13ClN6. The summed E-state index contributed by atoms with van der Waals surface area (Å²) in [7, 11) is 0. The molecule has 1 unspecified atom stereocenters. The van der Waals surface area contributed by atoms with Crippen LogP contribution in [0.25, 0.3) is 10.9 Å². The van der Waals surface area contributed by atoms with E-state index in [2.05, 4.69) is 30.9 Å². The van der Waals surface area contributed by atoms with Crippen LogP contribution >= 0.6 is 11.6 Å². The number of hydrogen-bond donors (Lipinski definition) is 3. The second-order valence-electron chi connectivity index (χ2n) is 4.38. The highest BCUT2D eigenvalue weighted by Gasteiger charge is 2.11. The number of fused-ring (bicyclic) bond motifs is 1. The van der Waals surface area contributed by atoms with Gasteiger partial charge in [0.25, 0.3) is 0 Å². The molecule has 0 saturated carbocycles. The second-order valence-corrected chi connectivity index (χ2v) is 4.81. The third kappa shape index (κ3) is 2.45. The summed E-state index contributed by atoms with van der Waals surface area (Å²) in [4.78, 5) is 3.21. The molecule has 0 aliphatic rings. The highest BCUT2D eigenvalue weighted by Crippen LogP contribution is 2.22. The van der Waals surface area contributed by atoms with Gasteiger partial charge in [0.1, 0.15) is 0 Å². The van der Waals surface area contributed by atoms with Crippen molar-refractivity contribution in [1.29, 1.82) is 0 Å². The average molecular weight is 277 g/mol. The van der Waals surface area contributed by atoms with Gasteiger partial charge >= 0.3 is 0 Å². The summed E-state index contributed by atoms with van der Waals surface area (Å²) in [5, 5.41) is 19.2. The molecule has 0 saturated heterocycles. The predicted octanol–water partition coefficient (Wildman–Crippen LogP) is 2.19. The zero-order chi connectivity index (χ0) is 13.2. The molecule has 0 amide bonds. The fourth-order valence-corrected chi connectivity index (χ4v) is 2.18. The standard InChI is InChI=1S/C12H13ClN6/c1-7(12-16-18-19-17-12)14-5-8-6-15-11-4-9(13)2-3-10(8)11/h2-4,6-7,14-15H,5H2,1H3,(H,16,17,18,19). The highest BCUT2D eigenvalue weighted by atomic mass is 35.5. The third-order valence-electron chi connectivity index (χ3n) is 3.08. The lowest BCUT2D eigenvalue weighted by atomic mass is 10.1. The fourth-order valence-electron chi connectivity index (χ4n) is 2.01. The van der Waals surface area contributed by atoms with Crippen LogP contribution in [0.15, 0.2) is 24.4 Å². The maximum absolute atomic E-state index is 5.96. The third-order valence-corrected chi connectivity index (χ3v) is 3.31. The lowest BCUT2D eigenvalue weighted by molar-refractivity contribution is 0.548. The van der Waals surface area contributed by atoms with E-state index in [1.807, 2.05) is 31.3 Å². The van der Waals surface area contributed by atoms with E-state index < -0.39 is 0 Å². The van der Waals surface area contributed by atoms with Gasteiger partial charge in [-0.1, -0.05) is 22.9 Å². The molecule has 1 atom stereocenters. The summed E-state index contributed by atoms with van der Waals surface area (Å²) in [6, 6.07) is 5.87. The summed E-state index contributed by atoms with van der Waals surface area (Å²) < 4.78 is 0. The van der Waals surface area contributed by atoms with Gasteiger partial charge in [0.15, 0.2) is 5.82 Å². The van der Waals surface area contributed by atoms with Crippen molar-refractivity contribution < 1.29 is 0 Å². The number of nitrogens with one attached hydrogen (secondary N) is 3. The number of tetrazole rings is 1. The van der Waals surface area contributed by atoms with Gasteiger partial charge in [-0.3, -0.25) is 0 Å². The Morgan fingerprint density at radius 2 is 2.32 bits per heavy atom. The van der Waals surface area contributed by atoms with Gasteiger partial charge in [-0.2, -0.15) is 5.21 Å². The zero-order valence-corrected chi connectivity index (χ0v) is 11.1. The van der Waals surface area contributed by atoms with Gasteiger partial charge in [-0.25, -0.2) is 0 Å². The van der Waals surface area contributed by atoms with Crippen LogP contribution in [0.1, 0.15) is 24.4 Å². The van der Waals surface area contributed by atoms with Crippen LogP contribution < -0.4 is 5.32 Å². The van der Waals surface area contributed by atoms with Gasteiger partial charge in [-0.15, -0.1) is 10.2 Å². The molecule has 2 aromatic heterocycles. The van der Waals surface area contributed by atoms with Crippen molar-refractivity contribution in [3.8, 4) is 0 Å². The lowest BCUT2D eigenvalue weighted by Gasteiger charge is -2.08. The molecule has 98 valence electrons. The van der Waals surface area contributed by atoms with Crippen LogP contribution in [-0.2, 0) is 6.54 Å². The highest BCUT2D eigenvalue weighted by molar-refractivity contribution is 6.31. The van der Waals surface area contributed by atoms with Gasteiger partial charge in [0, 0.05) is 28.7 Å². The first-order chi connectivity index (χ1) is 9.24. The van der Waals surface area contributed by atoms with Crippen molar-refractivity contribution in [1.82, 2.24) is 30.9 Å². The van der Waals surface area contributed by atoms with E-state index in [-0.39, 0.29) is 6.04 Å². The van der Waals surface area contributed by atoms with Gasteiger partial charge in [-0.05, 0) is 24.6 Å². The summed E-state index contributed by atoms with van der Waals surface area (Å²) in [5.74, 6) is 0.655. The molecule has 3 rings (SSSR count). The summed E-state index contributed by atoms with van der Waals surface area (Å²) in [5.41, 5.74) is 2.22. The van der Waals surface area contributed by atoms with Crippen molar-refractivity contribution >= 4 is 22.5 Å². The number of benzene rings is 1. The number of hydrogen-bond acceptors (Lipinski definition) is 4. The van der Waals surface area contributed by atoms with Gasteiger partial charge in [0.2, 0.25) is 0 Å². The van der Waals surface area contributed by atoms with Crippen molar-refractivity contribution in [2.75, 3.05) is 0 Å². The Kier molecular flexibility index (Phi) is 3.18. The molecule has 19 heavy (non-hydrogen) atoms. The Balaban J connectivity index is 1.75. The molecule has 0 spiro atoms. The van der Waals surface area contributed by atoms with Crippen LogP contribution in [0.4, 0.5) is 0 Å². The van der Waals surface area contributed by atoms with Crippen LogP contribution in [0.2, 0.25) is 5.02 Å². The molecule has 1 aromatic carbocycles. The summed E-state index contributed by atoms with van der Waals surface area (Å²) in [6.45, 7) is 2.72. The van der Waals surface area contributed by atoms with Gasteiger partial charge < -0.3 is 10.3 Å². The zero-order valence-electron chi connectivity index (χ0n) is 10.3. The van der Waals surface area contributed by atoms with E-state index in [4.69, 9.17) is 11.6 Å². The Morgan fingerprint density at radius 3 is 3.11 bits per heavy atom. The van der Waals surface area contributed by atoms with Crippen LogP contribution in [0, 0.1) is 0 Å². The molecule has 6 nitrogen and oxygen atoms in total. The molecule has 0 aliphatic heterocycles. The largest absolute Gasteiger partial charge is 0.361 e. The smallest absolute Gasteiger partial charge is 0.191 e. The van der Waals surface area contributed by atoms with E-state index in [1.54, 1.807) is 0 Å². The molecule has 0 radical (unpaired) electrons. The number of halogens is 1. The topological polar surface area (TPSA) is 82.3 Å². The van der Waals surface area contributed by atoms with Crippen LogP contribution in [0.5, 0.6) is 0 Å². The maximum atomic E-state index is 5.96. The Bertz CT molecular complexity index is 675. The molecule has 7 heteroatoms. The Hall–Kier alpha value is -1.92. The van der Waals surface area contributed by atoms with E-state index >= 15 is 0 Å². The average Bonchev–Trinajstić information content (AvgIpc) is 3.05. The minimum absolute atomic E-state index is 0.0380. The molecule has 3 aromatic rings. The minimum Gasteiger partial charge on any atom is -0.361 e. The van der Waals surface area contributed by atoms with Crippen LogP contribution in [-0.4, -0.2) is 25.6 Å². The number of nitrogens with zero attached hydrogens (tertiary/aromatic N) is 3. The van der Waals surface area contributed by atoms with Crippen molar-refractivity contribution in [3.63, 3.8) is 0 Å². The molecule has 0 fully saturated rings. The van der Waals surface area contributed by atoms with E-state index in [9.17, 15) is 0 Å². The van der Waals surface area contributed by atoms with Crippen molar-refractivity contribution in [3.05, 3.63) is 40.8 Å².